The number of azo groups is 1. The summed E-state index contributed by atoms with van der Waals surface area (Å²) in [5, 5.41) is 18.9. The molecule has 1 fully saturated rings. The van der Waals surface area contributed by atoms with Gasteiger partial charge in [0.1, 0.15) is 5.75 Å². The lowest BCUT2D eigenvalue weighted by Gasteiger charge is -2.42. The smallest absolute Gasteiger partial charge is 0.238 e. The third kappa shape index (κ3) is 5.25. The number of phenolic OH excluding ortho intramolecular Hbond substituents is 1. The summed E-state index contributed by atoms with van der Waals surface area (Å²) >= 11 is 9.85. The van der Waals surface area contributed by atoms with Crippen molar-refractivity contribution in [2.45, 2.75) is 18.8 Å². The quantitative estimate of drug-likeness (QED) is 0.127. The van der Waals surface area contributed by atoms with Crippen molar-refractivity contribution in [2.24, 2.45) is 28.0 Å². The van der Waals surface area contributed by atoms with Crippen LogP contribution >= 0.6 is 27.5 Å². The lowest BCUT2D eigenvalue weighted by molar-refractivity contribution is -0.123. The minimum atomic E-state index is -0.730. The first-order chi connectivity index (χ1) is 22.5. The number of hydrogen-bond acceptors (Lipinski definition) is 8. The number of benzene rings is 3. The molecular weight excluding hydrogens is 684 g/mol. The van der Waals surface area contributed by atoms with Crippen molar-refractivity contribution < 1.29 is 24.3 Å². The number of nitrogens with zero attached hydrogens (tertiary/aromatic N) is 4. The van der Waals surface area contributed by atoms with Crippen LogP contribution in [0.2, 0.25) is 5.02 Å². The third-order valence-corrected chi connectivity index (χ3v) is 10.3. The van der Waals surface area contributed by atoms with E-state index in [1.54, 1.807) is 30.3 Å². The molecule has 11 heteroatoms. The number of amides is 2. The van der Waals surface area contributed by atoms with Gasteiger partial charge in [0.2, 0.25) is 11.8 Å². The van der Waals surface area contributed by atoms with Gasteiger partial charge in [-0.1, -0.05) is 29.3 Å². The van der Waals surface area contributed by atoms with E-state index in [0.29, 0.717) is 40.2 Å². The zero-order valence-corrected chi connectivity index (χ0v) is 27.7. The van der Waals surface area contributed by atoms with Gasteiger partial charge < -0.3 is 10.0 Å². The largest absolute Gasteiger partial charge is 0.508 e. The van der Waals surface area contributed by atoms with Crippen LogP contribution in [0.1, 0.15) is 24.3 Å². The molecule has 3 aromatic carbocycles. The molecule has 47 heavy (non-hydrogen) atoms. The van der Waals surface area contributed by atoms with Crippen LogP contribution in [0, 0.1) is 17.8 Å². The van der Waals surface area contributed by atoms with Gasteiger partial charge in [-0.15, -0.1) is 0 Å². The highest BCUT2D eigenvalue weighted by molar-refractivity contribution is 9.12. The van der Waals surface area contributed by atoms with Crippen LogP contribution in [-0.4, -0.2) is 42.6 Å². The number of rotatable bonds is 5. The van der Waals surface area contributed by atoms with Gasteiger partial charge >= 0.3 is 0 Å². The van der Waals surface area contributed by atoms with E-state index in [1.807, 2.05) is 49.3 Å². The number of carbonyl (C=O) groups excluding carboxylic acids is 4. The van der Waals surface area contributed by atoms with E-state index in [-0.39, 0.29) is 45.1 Å². The lowest BCUT2D eigenvalue weighted by Crippen LogP contribution is -2.39. The Bertz CT molecular complexity index is 2000. The average Bonchev–Trinajstić information content (AvgIpc) is 3.31. The first-order valence-corrected chi connectivity index (χ1v) is 16.2. The van der Waals surface area contributed by atoms with Crippen LogP contribution in [0.4, 0.5) is 22.7 Å². The fourth-order valence-corrected chi connectivity index (χ4v) is 7.90. The number of phenols is 1. The molecule has 4 aliphatic rings. The normalized spacial score (nSPS) is 23.9. The van der Waals surface area contributed by atoms with Crippen LogP contribution < -0.4 is 9.80 Å². The summed E-state index contributed by atoms with van der Waals surface area (Å²) in [4.78, 5) is 58.1. The maximum atomic E-state index is 14.2. The molecule has 9 nitrogen and oxygen atoms in total. The number of aromatic hydroxyl groups is 1. The second-order valence-corrected chi connectivity index (χ2v) is 13.5. The second-order valence-electron chi connectivity index (χ2n) is 12.2. The lowest BCUT2D eigenvalue weighted by atomic mass is 9.59. The van der Waals surface area contributed by atoms with Gasteiger partial charge in [0.15, 0.2) is 11.6 Å². The number of halogens is 2. The summed E-state index contributed by atoms with van der Waals surface area (Å²) in [6.07, 6.45) is 3.64. The van der Waals surface area contributed by atoms with Gasteiger partial charge in [-0.05, 0) is 101 Å². The fraction of sp³-hybridized carbons (Fsp3) is 0.222. The van der Waals surface area contributed by atoms with Gasteiger partial charge in [0.05, 0.1) is 33.4 Å². The number of anilines is 2. The highest BCUT2D eigenvalue weighted by Gasteiger charge is 2.56. The molecule has 1 saturated heterocycles. The number of fused-ring (bicyclic) bond motifs is 3. The molecule has 4 atom stereocenters. The van der Waals surface area contributed by atoms with Crippen molar-refractivity contribution in [3.8, 4) is 5.75 Å². The number of Topliss-reactive ketones (excluding diaryl/α,β-unsaturated/α-hetero) is 1. The molecule has 0 bridgehead atoms. The maximum absolute atomic E-state index is 14.2. The van der Waals surface area contributed by atoms with E-state index < -0.39 is 23.7 Å². The molecule has 2 amide bonds. The van der Waals surface area contributed by atoms with E-state index in [4.69, 9.17) is 11.6 Å². The second kappa shape index (κ2) is 11.8. The molecule has 7 rings (SSSR count). The van der Waals surface area contributed by atoms with E-state index in [0.717, 1.165) is 11.3 Å². The number of carbonyl (C=O) groups is 4. The minimum Gasteiger partial charge on any atom is -0.508 e. The monoisotopic (exact) mass is 710 g/mol. The van der Waals surface area contributed by atoms with Crippen LogP contribution in [0.25, 0.3) is 0 Å². The fourth-order valence-electron chi connectivity index (χ4n) is 7.17. The first-order valence-electron chi connectivity index (χ1n) is 15.1. The van der Waals surface area contributed by atoms with Gasteiger partial charge in [0.25, 0.3) is 0 Å². The molecular formula is C36H28BrClN4O5. The molecule has 3 aliphatic carbocycles. The topological polar surface area (TPSA) is 120 Å². The minimum absolute atomic E-state index is 0.0370. The van der Waals surface area contributed by atoms with Crippen molar-refractivity contribution >= 4 is 73.7 Å². The molecule has 0 radical (unpaired) electrons. The number of allylic oxidation sites excluding steroid dienone is 6. The Balaban J connectivity index is 1.20. The number of imide groups is 1. The standard InChI is InChI=1S/C36H28BrClN4O5/c1-41(2)20-7-3-18(4-8-20)39-40-19-5-9-21(10-6-19)42-35(46)25-14-13-23-26(32(25)36(42)47)16-27-33(30(44)17-28(37)34(27)45)31(23)24-12-11-22(43)15-29(24)38/h3-13,15,17,25-26,31-32,43H,14,16H2,1-2H3/t25-,26+,31+,32-/m0/s1. The Kier molecular flexibility index (Phi) is 7.80. The predicted octanol–water partition coefficient (Wildman–Crippen LogP) is 7.49. The molecule has 1 heterocycles. The Morgan fingerprint density at radius 3 is 2.19 bits per heavy atom. The summed E-state index contributed by atoms with van der Waals surface area (Å²) in [6, 6.07) is 18.9. The molecule has 0 unspecified atom stereocenters. The summed E-state index contributed by atoms with van der Waals surface area (Å²) in [5.41, 5.74) is 4.68. The molecule has 0 saturated carbocycles. The summed E-state index contributed by atoms with van der Waals surface area (Å²) in [7, 11) is 3.92. The first kappa shape index (κ1) is 31.0. The number of hydrogen-bond donors (Lipinski definition) is 1. The molecule has 1 aliphatic heterocycles. The van der Waals surface area contributed by atoms with Crippen LogP contribution in [0.15, 0.2) is 110 Å². The van der Waals surface area contributed by atoms with Gasteiger partial charge in [-0.2, -0.15) is 10.2 Å². The highest BCUT2D eigenvalue weighted by Crippen LogP contribution is 2.56. The molecule has 0 aromatic heterocycles. The molecule has 1 N–H and O–H groups in total. The Labute approximate surface area is 284 Å². The van der Waals surface area contributed by atoms with Crippen molar-refractivity contribution in [3.63, 3.8) is 0 Å². The van der Waals surface area contributed by atoms with Crippen molar-refractivity contribution in [3.05, 3.63) is 111 Å². The number of ketones is 2. The van der Waals surface area contributed by atoms with Crippen LogP contribution in [0.3, 0.4) is 0 Å². The van der Waals surface area contributed by atoms with Gasteiger partial charge in [0, 0.05) is 47.9 Å². The van der Waals surface area contributed by atoms with Crippen molar-refractivity contribution in [1.82, 2.24) is 0 Å². The maximum Gasteiger partial charge on any atom is 0.238 e. The molecule has 0 spiro atoms. The molecule has 3 aromatic rings. The van der Waals surface area contributed by atoms with E-state index in [2.05, 4.69) is 26.2 Å². The van der Waals surface area contributed by atoms with Crippen molar-refractivity contribution in [2.75, 3.05) is 23.9 Å². The van der Waals surface area contributed by atoms with Gasteiger partial charge in [-0.3, -0.25) is 24.1 Å². The SMILES string of the molecule is CN(C)c1ccc(N=Nc2ccc(N3C(=O)[C@H]4[C@H](CC=C5[C@H](c6ccc(O)cc6Cl)C6=C(C[C@H]54)C(=O)C(Br)=CC6=O)C3=O)cc2)cc1. The highest BCUT2D eigenvalue weighted by atomic mass is 79.9. The Morgan fingerprint density at radius 1 is 0.894 bits per heavy atom. The molecule has 236 valence electrons. The van der Waals surface area contributed by atoms with E-state index >= 15 is 0 Å². The summed E-state index contributed by atoms with van der Waals surface area (Å²) in [6.45, 7) is 0. The Hall–Kier alpha value is -4.67. The zero-order valence-electron chi connectivity index (χ0n) is 25.4. The van der Waals surface area contributed by atoms with E-state index in [1.165, 1.54) is 23.1 Å². The van der Waals surface area contributed by atoms with Crippen LogP contribution in [-0.2, 0) is 19.2 Å². The van der Waals surface area contributed by atoms with Crippen LogP contribution in [0.5, 0.6) is 5.75 Å². The third-order valence-electron chi connectivity index (χ3n) is 9.38. The van der Waals surface area contributed by atoms with Gasteiger partial charge in [-0.25, -0.2) is 0 Å². The predicted molar refractivity (Wildman–Crippen MR) is 182 cm³/mol. The average molecular weight is 712 g/mol. The van der Waals surface area contributed by atoms with E-state index in [9.17, 15) is 24.3 Å². The summed E-state index contributed by atoms with van der Waals surface area (Å²) < 4.78 is 0.148. The Morgan fingerprint density at radius 2 is 1.55 bits per heavy atom. The zero-order chi connectivity index (χ0) is 33.1. The summed E-state index contributed by atoms with van der Waals surface area (Å²) in [5.74, 6) is -3.90. The van der Waals surface area contributed by atoms with Crippen molar-refractivity contribution in [1.29, 1.82) is 0 Å².